The van der Waals surface area contributed by atoms with Crippen LogP contribution in [0.15, 0.2) is 57.9 Å². The Morgan fingerprint density at radius 2 is 1.90 bits per heavy atom. The molecule has 108 valence electrons. The van der Waals surface area contributed by atoms with Crippen LogP contribution in [-0.4, -0.2) is 20.8 Å². The van der Waals surface area contributed by atoms with Gasteiger partial charge in [0.2, 0.25) is 0 Å². The fourth-order valence-corrected chi connectivity index (χ4v) is 3.21. The van der Waals surface area contributed by atoms with Gasteiger partial charge in [0, 0.05) is 4.47 Å². The molecule has 0 fully saturated rings. The Morgan fingerprint density at radius 3 is 2.62 bits per heavy atom. The van der Waals surface area contributed by atoms with Crippen molar-refractivity contribution in [3.63, 3.8) is 0 Å². The van der Waals surface area contributed by atoms with E-state index in [1.165, 1.54) is 12.1 Å². The van der Waals surface area contributed by atoms with E-state index in [9.17, 15) is 8.42 Å². The van der Waals surface area contributed by atoms with Crippen LogP contribution in [0.5, 0.6) is 5.75 Å². The first kappa shape index (κ1) is 15.5. The highest BCUT2D eigenvalue weighted by Gasteiger charge is 2.15. The molecular formula is C15H12BrNO3S. The summed E-state index contributed by atoms with van der Waals surface area (Å²) in [5.74, 6) is 0.458. The van der Waals surface area contributed by atoms with E-state index in [0.717, 1.165) is 4.47 Å². The summed E-state index contributed by atoms with van der Waals surface area (Å²) in [7, 11) is -3.46. The van der Waals surface area contributed by atoms with E-state index in [0.29, 0.717) is 11.3 Å². The van der Waals surface area contributed by atoms with E-state index in [2.05, 4.69) is 15.9 Å². The molecule has 0 saturated heterocycles. The number of rotatable bonds is 5. The highest BCUT2D eigenvalue weighted by molar-refractivity contribution is 9.10. The summed E-state index contributed by atoms with van der Waals surface area (Å²) in [6.07, 6.45) is 0. The average Bonchev–Trinajstić information content (AvgIpc) is 2.47. The zero-order valence-corrected chi connectivity index (χ0v) is 13.4. The Kier molecular flexibility index (Phi) is 4.99. The number of halogens is 1. The summed E-state index contributed by atoms with van der Waals surface area (Å²) in [6.45, 7) is 0.0512. The van der Waals surface area contributed by atoms with Crippen molar-refractivity contribution in [3.05, 3.63) is 58.6 Å². The molecule has 0 aliphatic rings. The van der Waals surface area contributed by atoms with Gasteiger partial charge in [0.1, 0.15) is 12.4 Å². The van der Waals surface area contributed by atoms with Crippen molar-refractivity contribution >= 4 is 25.8 Å². The summed E-state index contributed by atoms with van der Waals surface area (Å²) in [5.41, 5.74) is 0.323. The van der Waals surface area contributed by atoms with E-state index in [1.807, 2.05) is 18.2 Å². The molecule has 4 nitrogen and oxygen atoms in total. The molecular weight excluding hydrogens is 354 g/mol. The molecule has 2 rings (SSSR count). The number of benzene rings is 2. The van der Waals surface area contributed by atoms with Crippen molar-refractivity contribution in [2.75, 3.05) is 12.4 Å². The normalized spacial score (nSPS) is 10.9. The van der Waals surface area contributed by atoms with Crippen molar-refractivity contribution in [1.82, 2.24) is 0 Å². The average molecular weight is 366 g/mol. The lowest BCUT2D eigenvalue weighted by Gasteiger charge is -2.08. The molecule has 6 heteroatoms. The molecule has 2 aromatic rings. The summed E-state index contributed by atoms with van der Waals surface area (Å²) >= 11 is 3.32. The zero-order chi connectivity index (χ0) is 15.3. The first-order valence-electron chi connectivity index (χ1n) is 6.12. The molecule has 0 unspecified atom stereocenters. The quantitative estimate of drug-likeness (QED) is 0.815. The van der Waals surface area contributed by atoms with Crippen molar-refractivity contribution in [2.45, 2.75) is 4.90 Å². The number of nitrogens with zero attached hydrogens (tertiary/aromatic N) is 1. The van der Waals surface area contributed by atoms with Gasteiger partial charge in [0.25, 0.3) is 0 Å². The summed E-state index contributed by atoms with van der Waals surface area (Å²) in [6, 6.07) is 15.1. The molecule has 0 saturated carbocycles. The maximum atomic E-state index is 12.2. The fraction of sp³-hybridized carbons (Fsp3) is 0.133. The third-order valence-corrected chi connectivity index (χ3v) is 4.91. The van der Waals surface area contributed by atoms with Crippen LogP contribution in [0.1, 0.15) is 5.56 Å². The van der Waals surface area contributed by atoms with Gasteiger partial charge in [-0.05, 0) is 36.4 Å². The molecule has 0 aliphatic carbocycles. The van der Waals surface area contributed by atoms with Gasteiger partial charge in [-0.15, -0.1) is 0 Å². The Labute approximate surface area is 132 Å². The van der Waals surface area contributed by atoms with Crippen LogP contribution < -0.4 is 4.74 Å². The van der Waals surface area contributed by atoms with Crippen LogP contribution in [0.4, 0.5) is 0 Å². The molecule has 2 aromatic carbocycles. The zero-order valence-electron chi connectivity index (χ0n) is 11.0. The minimum absolute atomic E-state index is 0.0512. The van der Waals surface area contributed by atoms with Crippen molar-refractivity contribution in [2.24, 2.45) is 0 Å². The predicted molar refractivity (Wildman–Crippen MR) is 82.8 cm³/mol. The van der Waals surface area contributed by atoms with Gasteiger partial charge >= 0.3 is 0 Å². The van der Waals surface area contributed by atoms with E-state index in [1.54, 1.807) is 24.3 Å². The summed E-state index contributed by atoms with van der Waals surface area (Å²) in [5, 5.41) is 8.80. The lowest BCUT2D eigenvalue weighted by atomic mass is 10.2. The Morgan fingerprint density at radius 1 is 1.14 bits per heavy atom. The molecule has 0 atom stereocenters. The maximum absolute atomic E-state index is 12.2. The number of hydrogen-bond donors (Lipinski definition) is 0. The van der Waals surface area contributed by atoms with Crippen LogP contribution in [0.2, 0.25) is 0 Å². The molecule has 0 spiro atoms. The topological polar surface area (TPSA) is 67.2 Å². The van der Waals surface area contributed by atoms with Crippen LogP contribution in [-0.2, 0) is 9.84 Å². The van der Waals surface area contributed by atoms with Crippen molar-refractivity contribution in [3.8, 4) is 11.8 Å². The number of hydrogen-bond acceptors (Lipinski definition) is 4. The second kappa shape index (κ2) is 6.74. The summed E-state index contributed by atoms with van der Waals surface area (Å²) in [4.78, 5) is 0.138. The second-order valence-electron chi connectivity index (χ2n) is 4.26. The van der Waals surface area contributed by atoms with Crippen molar-refractivity contribution < 1.29 is 13.2 Å². The first-order valence-corrected chi connectivity index (χ1v) is 8.57. The molecule has 0 amide bonds. The van der Waals surface area contributed by atoms with Gasteiger partial charge in [-0.1, -0.05) is 28.1 Å². The van der Waals surface area contributed by atoms with E-state index < -0.39 is 9.84 Å². The molecule has 0 N–H and O–H groups in total. The smallest absolute Gasteiger partial charge is 0.181 e. The van der Waals surface area contributed by atoms with E-state index in [4.69, 9.17) is 10.00 Å². The highest BCUT2D eigenvalue weighted by Crippen LogP contribution is 2.18. The predicted octanol–water partition coefficient (Wildman–Crippen LogP) is 3.17. The second-order valence-corrected chi connectivity index (χ2v) is 7.29. The Balaban J connectivity index is 2.03. The monoisotopic (exact) mass is 365 g/mol. The molecule has 0 aromatic heterocycles. The van der Waals surface area contributed by atoms with Gasteiger partial charge in [0.15, 0.2) is 9.84 Å². The molecule has 0 heterocycles. The van der Waals surface area contributed by atoms with E-state index in [-0.39, 0.29) is 17.3 Å². The molecule has 0 radical (unpaired) electrons. The SMILES string of the molecule is N#Cc1cccc(S(=O)(=O)CCOc2cccc(Br)c2)c1. The summed E-state index contributed by atoms with van der Waals surface area (Å²) < 4.78 is 30.6. The molecule has 0 aliphatic heterocycles. The number of ether oxygens (including phenoxy) is 1. The highest BCUT2D eigenvalue weighted by atomic mass is 79.9. The van der Waals surface area contributed by atoms with Gasteiger partial charge < -0.3 is 4.74 Å². The lowest BCUT2D eigenvalue weighted by Crippen LogP contribution is -2.14. The van der Waals surface area contributed by atoms with Gasteiger partial charge in [0.05, 0.1) is 22.3 Å². The largest absolute Gasteiger partial charge is 0.492 e. The first-order chi connectivity index (χ1) is 10.0. The minimum Gasteiger partial charge on any atom is -0.492 e. The van der Waals surface area contributed by atoms with Crippen LogP contribution in [0.3, 0.4) is 0 Å². The minimum atomic E-state index is -3.46. The third-order valence-electron chi connectivity index (χ3n) is 2.74. The Hall–Kier alpha value is -1.84. The van der Waals surface area contributed by atoms with Crippen LogP contribution in [0.25, 0.3) is 0 Å². The number of sulfone groups is 1. The lowest BCUT2D eigenvalue weighted by molar-refractivity contribution is 0.340. The molecule has 21 heavy (non-hydrogen) atoms. The fourth-order valence-electron chi connectivity index (χ4n) is 1.70. The van der Waals surface area contributed by atoms with Gasteiger partial charge in [-0.2, -0.15) is 5.26 Å². The Bertz CT molecular complexity index is 782. The van der Waals surface area contributed by atoms with Gasteiger partial charge in [-0.3, -0.25) is 0 Å². The van der Waals surface area contributed by atoms with Gasteiger partial charge in [-0.25, -0.2) is 8.42 Å². The van der Waals surface area contributed by atoms with Crippen LogP contribution >= 0.6 is 15.9 Å². The molecule has 0 bridgehead atoms. The third kappa shape index (κ3) is 4.31. The van der Waals surface area contributed by atoms with Crippen molar-refractivity contribution in [1.29, 1.82) is 5.26 Å². The standard InChI is InChI=1S/C15H12BrNO3S/c16-13-4-2-5-14(10-13)20-7-8-21(18,19)15-6-1-3-12(9-15)11-17/h1-6,9-10H,7-8H2. The van der Waals surface area contributed by atoms with E-state index >= 15 is 0 Å². The maximum Gasteiger partial charge on any atom is 0.181 e. The number of nitriles is 1. The van der Waals surface area contributed by atoms with Crippen LogP contribution in [0, 0.1) is 11.3 Å².